The number of ether oxygens (including phenoxy) is 2. The van der Waals surface area contributed by atoms with Gasteiger partial charge in [-0.15, -0.1) is 13.2 Å². The van der Waals surface area contributed by atoms with E-state index in [-0.39, 0.29) is 28.5 Å². The Morgan fingerprint density at radius 3 is 2.37 bits per heavy atom. The van der Waals surface area contributed by atoms with Gasteiger partial charge < -0.3 is 19.9 Å². The van der Waals surface area contributed by atoms with Crippen LogP contribution in [0.3, 0.4) is 0 Å². The van der Waals surface area contributed by atoms with Crippen LogP contribution in [-0.4, -0.2) is 54.6 Å². The lowest BCUT2D eigenvalue weighted by Crippen LogP contribution is -2.45. The number of piperazine rings is 1. The van der Waals surface area contributed by atoms with Gasteiger partial charge in [-0.3, -0.25) is 15.0 Å². The molecule has 162 valence electrons. The molecule has 0 spiro atoms. The molecule has 11 heteroatoms. The summed E-state index contributed by atoms with van der Waals surface area (Å²) in [7, 11) is 1.28. The third-order valence-corrected chi connectivity index (χ3v) is 4.76. The summed E-state index contributed by atoms with van der Waals surface area (Å²) in [5.41, 5.74) is 0.508. The average Bonchev–Trinajstić information content (AvgIpc) is 2.70. The van der Waals surface area contributed by atoms with E-state index in [1.165, 1.54) is 37.4 Å². The lowest BCUT2D eigenvalue weighted by atomic mass is 9.94. The molecular formula is C19H20F3N3O5. The van der Waals surface area contributed by atoms with Gasteiger partial charge in [0.2, 0.25) is 0 Å². The number of non-ortho nitro benzene ring substituents is 1. The third kappa shape index (κ3) is 4.92. The number of phenolic OH excluding ortho intramolecular Hbond substituents is 1. The molecule has 8 nitrogen and oxygen atoms in total. The van der Waals surface area contributed by atoms with Crippen LogP contribution in [0, 0.1) is 10.1 Å². The second-order valence-electron chi connectivity index (χ2n) is 6.65. The molecule has 0 unspecified atom stereocenters. The van der Waals surface area contributed by atoms with Crippen LogP contribution >= 0.6 is 0 Å². The number of alkyl halides is 3. The number of benzene rings is 2. The minimum absolute atomic E-state index is 0.0589. The van der Waals surface area contributed by atoms with Gasteiger partial charge in [-0.2, -0.15) is 0 Å². The van der Waals surface area contributed by atoms with E-state index in [1.807, 2.05) is 4.90 Å². The third-order valence-electron chi connectivity index (χ3n) is 4.76. The fraction of sp³-hybridized carbons (Fsp3) is 0.368. The van der Waals surface area contributed by atoms with E-state index >= 15 is 0 Å². The van der Waals surface area contributed by atoms with Gasteiger partial charge in [0.25, 0.3) is 5.69 Å². The van der Waals surface area contributed by atoms with Crippen molar-refractivity contribution >= 4 is 5.69 Å². The van der Waals surface area contributed by atoms with Gasteiger partial charge in [0.05, 0.1) is 24.1 Å². The standard InChI is InChI=1S/C19H20F3N3O5/c1-29-16-11-13(25(27)28)10-15(18(16)26)17(24-8-6-23-7-9-24)12-2-4-14(5-3-12)30-19(20,21)22/h2-5,10-11,17,23,26H,6-9H2,1H3/t17-/m1/s1. The summed E-state index contributed by atoms with van der Waals surface area (Å²) in [6.45, 7) is 2.43. The van der Waals surface area contributed by atoms with Crippen molar-refractivity contribution in [2.75, 3.05) is 33.3 Å². The number of nitrogens with zero attached hydrogens (tertiary/aromatic N) is 2. The summed E-state index contributed by atoms with van der Waals surface area (Å²) >= 11 is 0. The Morgan fingerprint density at radius 1 is 1.20 bits per heavy atom. The van der Waals surface area contributed by atoms with Crippen molar-refractivity contribution in [2.45, 2.75) is 12.4 Å². The molecule has 1 atom stereocenters. The maximum absolute atomic E-state index is 12.5. The molecule has 0 radical (unpaired) electrons. The average molecular weight is 427 g/mol. The lowest BCUT2D eigenvalue weighted by molar-refractivity contribution is -0.385. The van der Waals surface area contributed by atoms with Gasteiger partial charge in [0, 0.05) is 37.8 Å². The highest BCUT2D eigenvalue weighted by molar-refractivity contribution is 5.56. The van der Waals surface area contributed by atoms with Crippen LogP contribution in [0.5, 0.6) is 17.2 Å². The van der Waals surface area contributed by atoms with Crippen molar-refractivity contribution in [1.82, 2.24) is 10.2 Å². The summed E-state index contributed by atoms with van der Waals surface area (Å²) in [5.74, 6) is -0.704. The Labute approximate surface area is 170 Å². The second-order valence-corrected chi connectivity index (χ2v) is 6.65. The SMILES string of the molecule is COc1cc([N+](=O)[O-])cc([C@@H](c2ccc(OC(F)(F)F)cc2)N2CCNCC2)c1O. The fourth-order valence-electron chi connectivity index (χ4n) is 3.46. The maximum Gasteiger partial charge on any atom is 0.573 e. The first kappa shape index (κ1) is 21.7. The molecule has 1 aliphatic heterocycles. The number of methoxy groups -OCH3 is 1. The number of nitro groups is 1. The zero-order chi connectivity index (χ0) is 21.9. The number of nitro benzene ring substituents is 1. The minimum atomic E-state index is -4.81. The van der Waals surface area contributed by atoms with Gasteiger partial charge in [0.1, 0.15) is 5.75 Å². The van der Waals surface area contributed by atoms with Gasteiger partial charge in [0.15, 0.2) is 11.5 Å². The molecule has 0 saturated carbocycles. The molecule has 0 bridgehead atoms. The summed E-state index contributed by atoms with van der Waals surface area (Å²) in [6.07, 6.45) is -4.81. The van der Waals surface area contributed by atoms with Crippen molar-refractivity contribution in [1.29, 1.82) is 0 Å². The highest BCUT2D eigenvalue weighted by Crippen LogP contribution is 2.42. The van der Waals surface area contributed by atoms with Crippen LogP contribution in [0.1, 0.15) is 17.2 Å². The Kier molecular flexibility index (Phi) is 6.32. The van der Waals surface area contributed by atoms with E-state index in [4.69, 9.17) is 4.74 Å². The van der Waals surface area contributed by atoms with E-state index in [1.54, 1.807) is 0 Å². The number of rotatable bonds is 6. The highest BCUT2D eigenvalue weighted by atomic mass is 19.4. The second kappa shape index (κ2) is 8.76. The van der Waals surface area contributed by atoms with Gasteiger partial charge in [-0.25, -0.2) is 0 Å². The Bertz CT molecular complexity index is 900. The topological polar surface area (TPSA) is 97.1 Å². The van der Waals surface area contributed by atoms with E-state index in [9.17, 15) is 28.4 Å². The zero-order valence-corrected chi connectivity index (χ0v) is 16.0. The van der Waals surface area contributed by atoms with Crippen molar-refractivity contribution in [2.24, 2.45) is 0 Å². The number of halogens is 3. The zero-order valence-electron chi connectivity index (χ0n) is 16.0. The molecule has 1 heterocycles. The molecular weight excluding hydrogens is 407 g/mol. The summed E-state index contributed by atoms with van der Waals surface area (Å²) in [6, 6.07) is 6.96. The minimum Gasteiger partial charge on any atom is -0.504 e. The Hall–Kier alpha value is -3.05. The molecule has 30 heavy (non-hydrogen) atoms. The largest absolute Gasteiger partial charge is 0.573 e. The highest BCUT2D eigenvalue weighted by Gasteiger charge is 2.32. The van der Waals surface area contributed by atoms with E-state index in [0.29, 0.717) is 31.7 Å². The molecule has 2 aromatic carbocycles. The van der Waals surface area contributed by atoms with Crippen LogP contribution in [-0.2, 0) is 0 Å². The number of aromatic hydroxyl groups is 1. The monoisotopic (exact) mass is 427 g/mol. The molecule has 3 rings (SSSR count). The van der Waals surface area contributed by atoms with Crippen LogP contribution in [0.15, 0.2) is 36.4 Å². The summed E-state index contributed by atoms with van der Waals surface area (Å²) < 4.78 is 46.4. The summed E-state index contributed by atoms with van der Waals surface area (Å²) in [4.78, 5) is 12.8. The molecule has 1 fully saturated rings. The van der Waals surface area contributed by atoms with Crippen molar-refractivity contribution in [3.63, 3.8) is 0 Å². The lowest BCUT2D eigenvalue weighted by Gasteiger charge is -2.36. The first-order chi connectivity index (χ1) is 14.2. The van der Waals surface area contributed by atoms with Crippen LogP contribution in [0.2, 0.25) is 0 Å². The van der Waals surface area contributed by atoms with Crippen molar-refractivity contribution < 1.29 is 32.7 Å². The van der Waals surface area contributed by atoms with Gasteiger partial charge >= 0.3 is 6.36 Å². The molecule has 0 aliphatic carbocycles. The number of hydrogen-bond donors (Lipinski definition) is 2. The molecule has 0 aromatic heterocycles. The molecule has 0 amide bonds. The van der Waals surface area contributed by atoms with Crippen LogP contribution in [0.4, 0.5) is 18.9 Å². The van der Waals surface area contributed by atoms with E-state index < -0.39 is 17.3 Å². The quantitative estimate of drug-likeness (QED) is 0.540. The first-order valence-electron chi connectivity index (χ1n) is 9.05. The van der Waals surface area contributed by atoms with E-state index in [0.717, 1.165) is 6.07 Å². The molecule has 1 saturated heterocycles. The number of nitrogens with one attached hydrogen (secondary N) is 1. The van der Waals surface area contributed by atoms with Gasteiger partial charge in [-0.05, 0) is 17.7 Å². The normalized spacial score (nSPS) is 16.1. The molecule has 2 N–H and O–H groups in total. The van der Waals surface area contributed by atoms with Crippen molar-refractivity contribution in [3.05, 3.63) is 57.6 Å². The predicted octanol–water partition coefficient (Wildman–Crippen LogP) is 3.20. The Morgan fingerprint density at radius 2 is 1.83 bits per heavy atom. The number of phenols is 1. The van der Waals surface area contributed by atoms with Crippen LogP contribution < -0.4 is 14.8 Å². The number of hydrogen-bond acceptors (Lipinski definition) is 7. The Balaban J connectivity index is 2.08. The predicted molar refractivity (Wildman–Crippen MR) is 101 cm³/mol. The van der Waals surface area contributed by atoms with Crippen molar-refractivity contribution in [3.8, 4) is 17.2 Å². The fourth-order valence-corrected chi connectivity index (χ4v) is 3.46. The van der Waals surface area contributed by atoms with Crippen LogP contribution in [0.25, 0.3) is 0 Å². The molecule has 1 aliphatic rings. The summed E-state index contributed by atoms with van der Waals surface area (Å²) in [5, 5.41) is 25.3. The van der Waals surface area contributed by atoms with Gasteiger partial charge in [-0.1, -0.05) is 12.1 Å². The smallest absolute Gasteiger partial charge is 0.504 e. The first-order valence-corrected chi connectivity index (χ1v) is 9.05. The molecule has 2 aromatic rings. The van der Waals surface area contributed by atoms with E-state index in [2.05, 4.69) is 10.1 Å². The maximum atomic E-state index is 12.5.